The average Bonchev–Trinajstić information content (AvgIpc) is 2.04. The van der Waals surface area contributed by atoms with Gasteiger partial charge < -0.3 is 0 Å². The van der Waals surface area contributed by atoms with Crippen LogP contribution in [0.25, 0.3) is 0 Å². The van der Waals surface area contributed by atoms with Gasteiger partial charge in [0.05, 0.1) is 0 Å². The van der Waals surface area contributed by atoms with E-state index < -0.39 is 0 Å². The quantitative estimate of drug-likeness (QED) is 0.589. The Balaban J connectivity index is 2.48. The largest absolute Gasteiger partial charge is 0.300 e. The highest BCUT2D eigenvalue weighted by molar-refractivity contribution is 6.18. The summed E-state index contributed by atoms with van der Waals surface area (Å²) >= 11 is 5.77. The fraction of sp³-hybridized carbons (Fsp3) is 0.889. The number of ketones is 1. The fourth-order valence-electron chi connectivity index (χ4n) is 1.86. The van der Waals surface area contributed by atoms with Crippen LogP contribution in [0.2, 0.25) is 0 Å². The molecule has 0 aromatic rings. The zero-order chi connectivity index (χ0) is 8.27. The van der Waals surface area contributed by atoms with E-state index in [1.807, 2.05) is 0 Å². The minimum atomic E-state index is 0.403. The molecule has 0 radical (unpaired) electrons. The van der Waals surface area contributed by atoms with Crippen LogP contribution in [0.3, 0.4) is 0 Å². The lowest BCUT2D eigenvalue weighted by atomic mass is 9.78. The van der Waals surface area contributed by atoms with Crippen LogP contribution in [0.1, 0.15) is 32.6 Å². The highest BCUT2D eigenvalue weighted by Gasteiger charge is 2.26. The van der Waals surface area contributed by atoms with Crippen LogP contribution >= 0.6 is 11.6 Å². The SMILES string of the molecule is CCC1CCC(=O)CC1CCl. The molecule has 1 rings (SSSR count). The molecule has 0 saturated heterocycles. The summed E-state index contributed by atoms with van der Waals surface area (Å²) < 4.78 is 0. The number of alkyl halides is 1. The molecule has 2 unspecified atom stereocenters. The Kier molecular flexibility index (Phi) is 3.38. The van der Waals surface area contributed by atoms with Crippen molar-refractivity contribution in [1.82, 2.24) is 0 Å². The third kappa shape index (κ3) is 2.19. The summed E-state index contributed by atoms with van der Waals surface area (Å²) in [6.45, 7) is 2.18. The number of hydrogen-bond acceptors (Lipinski definition) is 1. The van der Waals surface area contributed by atoms with Gasteiger partial charge in [0.25, 0.3) is 0 Å². The maximum atomic E-state index is 11.0. The first kappa shape index (κ1) is 9.05. The molecule has 1 nitrogen and oxygen atoms in total. The average molecular weight is 175 g/mol. The van der Waals surface area contributed by atoms with Gasteiger partial charge in [-0.2, -0.15) is 0 Å². The summed E-state index contributed by atoms with van der Waals surface area (Å²) in [5, 5.41) is 0. The van der Waals surface area contributed by atoms with Gasteiger partial charge in [-0.25, -0.2) is 0 Å². The molecule has 0 aliphatic heterocycles. The first-order valence-electron chi connectivity index (χ1n) is 4.35. The van der Waals surface area contributed by atoms with Crippen LogP contribution < -0.4 is 0 Å². The van der Waals surface area contributed by atoms with Crippen LogP contribution in [0, 0.1) is 11.8 Å². The predicted molar refractivity (Wildman–Crippen MR) is 46.8 cm³/mol. The van der Waals surface area contributed by atoms with Gasteiger partial charge in [-0.15, -0.1) is 11.6 Å². The van der Waals surface area contributed by atoms with E-state index >= 15 is 0 Å². The second-order valence-electron chi connectivity index (χ2n) is 3.36. The van der Waals surface area contributed by atoms with Crippen molar-refractivity contribution in [2.45, 2.75) is 32.6 Å². The zero-order valence-corrected chi connectivity index (χ0v) is 7.73. The Labute approximate surface area is 73.1 Å². The molecule has 1 aliphatic rings. The molecule has 11 heavy (non-hydrogen) atoms. The second-order valence-corrected chi connectivity index (χ2v) is 3.67. The summed E-state index contributed by atoms with van der Waals surface area (Å²) in [5.41, 5.74) is 0. The van der Waals surface area contributed by atoms with Crippen LogP contribution in [0.5, 0.6) is 0 Å². The predicted octanol–water partition coefficient (Wildman–Crippen LogP) is 2.62. The number of hydrogen-bond donors (Lipinski definition) is 0. The van der Waals surface area contributed by atoms with Gasteiger partial charge in [0.1, 0.15) is 5.78 Å². The Morgan fingerprint density at radius 2 is 2.27 bits per heavy atom. The van der Waals surface area contributed by atoms with Crippen LogP contribution in [-0.2, 0) is 4.79 Å². The molecule has 0 aromatic heterocycles. The summed E-state index contributed by atoms with van der Waals surface area (Å²) in [5.74, 6) is 2.22. The van der Waals surface area contributed by atoms with Crippen molar-refractivity contribution in [2.75, 3.05) is 5.88 Å². The topological polar surface area (TPSA) is 17.1 Å². The van der Waals surface area contributed by atoms with E-state index in [1.165, 1.54) is 6.42 Å². The standard InChI is InChI=1S/C9H15ClO/c1-2-7-3-4-9(11)5-8(7)6-10/h7-8H,2-6H2,1H3. The summed E-state index contributed by atoms with van der Waals surface area (Å²) in [6.07, 6.45) is 3.74. The maximum Gasteiger partial charge on any atom is 0.133 e. The molecule has 0 bridgehead atoms. The molecular weight excluding hydrogens is 160 g/mol. The smallest absolute Gasteiger partial charge is 0.133 e. The molecule has 64 valence electrons. The summed E-state index contributed by atoms with van der Waals surface area (Å²) in [6, 6.07) is 0. The van der Waals surface area contributed by atoms with Gasteiger partial charge >= 0.3 is 0 Å². The van der Waals surface area contributed by atoms with Gasteiger partial charge in [-0.1, -0.05) is 13.3 Å². The van der Waals surface area contributed by atoms with E-state index in [-0.39, 0.29) is 0 Å². The molecule has 2 atom stereocenters. The van der Waals surface area contributed by atoms with E-state index in [1.54, 1.807) is 0 Å². The normalized spacial score (nSPS) is 32.4. The molecule has 1 saturated carbocycles. The van der Waals surface area contributed by atoms with Gasteiger partial charge in [-0.3, -0.25) is 4.79 Å². The van der Waals surface area contributed by atoms with Gasteiger partial charge in [-0.05, 0) is 18.3 Å². The van der Waals surface area contributed by atoms with Gasteiger partial charge in [0.15, 0.2) is 0 Å². The third-order valence-electron chi connectivity index (χ3n) is 2.67. The Morgan fingerprint density at radius 3 is 2.82 bits per heavy atom. The Hall–Kier alpha value is -0.0400. The lowest BCUT2D eigenvalue weighted by Gasteiger charge is -2.28. The van der Waals surface area contributed by atoms with Crippen LogP contribution in [0.4, 0.5) is 0 Å². The molecule has 0 spiro atoms. The minimum absolute atomic E-state index is 0.403. The second kappa shape index (κ2) is 4.10. The fourth-order valence-corrected chi connectivity index (χ4v) is 2.22. The van der Waals surface area contributed by atoms with Crippen molar-refractivity contribution in [3.05, 3.63) is 0 Å². The summed E-state index contributed by atoms with van der Waals surface area (Å²) in [7, 11) is 0. The molecule has 0 N–H and O–H groups in total. The minimum Gasteiger partial charge on any atom is -0.300 e. The van der Waals surface area contributed by atoms with Crippen LogP contribution in [0.15, 0.2) is 0 Å². The molecule has 0 heterocycles. The number of carbonyl (C=O) groups excluding carboxylic acids is 1. The lowest BCUT2D eigenvalue weighted by Crippen LogP contribution is -2.25. The van der Waals surface area contributed by atoms with Crippen LogP contribution in [-0.4, -0.2) is 11.7 Å². The highest BCUT2D eigenvalue weighted by atomic mass is 35.5. The molecule has 1 aliphatic carbocycles. The molecule has 1 fully saturated rings. The van der Waals surface area contributed by atoms with E-state index in [2.05, 4.69) is 6.92 Å². The van der Waals surface area contributed by atoms with Crippen molar-refractivity contribution in [1.29, 1.82) is 0 Å². The van der Waals surface area contributed by atoms with Gasteiger partial charge in [0, 0.05) is 18.7 Å². The molecule has 2 heteroatoms. The van der Waals surface area contributed by atoms with Crippen molar-refractivity contribution in [3.8, 4) is 0 Å². The van der Waals surface area contributed by atoms with E-state index in [9.17, 15) is 4.79 Å². The van der Waals surface area contributed by atoms with E-state index in [0.29, 0.717) is 23.5 Å². The molecule has 0 amide bonds. The Bertz CT molecular complexity index is 144. The van der Waals surface area contributed by atoms with E-state index in [0.717, 1.165) is 19.3 Å². The molecular formula is C9H15ClO. The number of Topliss-reactive ketones (excluding diaryl/α,β-unsaturated/α-hetero) is 1. The maximum absolute atomic E-state index is 11.0. The third-order valence-corrected chi connectivity index (χ3v) is 3.07. The first-order chi connectivity index (χ1) is 5.27. The first-order valence-corrected chi connectivity index (χ1v) is 4.89. The van der Waals surface area contributed by atoms with Crippen molar-refractivity contribution in [2.24, 2.45) is 11.8 Å². The number of halogens is 1. The number of rotatable bonds is 2. The molecule has 0 aromatic carbocycles. The monoisotopic (exact) mass is 174 g/mol. The van der Waals surface area contributed by atoms with Crippen molar-refractivity contribution in [3.63, 3.8) is 0 Å². The van der Waals surface area contributed by atoms with Crippen molar-refractivity contribution >= 4 is 17.4 Å². The number of carbonyl (C=O) groups is 1. The van der Waals surface area contributed by atoms with Gasteiger partial charge in [0.2, 0.25) is 0 Å². The van der Waals surface area contributed by atoms with Crippen molar-refractivity contribution < 1.29 is 4.79 Å². The van der Waals surface area contributed by atoms with E-state index in [4.69, 9.17) is 11.6 Å². The lowest BCUT2D eigenvalue weighted by molar-refractivity contribution is -0.122. The zero-order valence-electron chi connectivity index (χ0n) is 6.98. The highest BCUT2D eigenvalue weighted by Crippen LogP contribution is 2.30. The Morgan fingerprint density at radius 1 is 1.55 bits per heavy atom. The summed E-state index contributed by atoms with van der Waals surface area (Å²) in [4.78, 5) is 11.0.